The lowest BCUT2D eigenvalue weighted by Crippen LogP contribution is -3.00. The molecule has 0 saturated heterocycles. The molecule has 1 aromatic carbocycles. The fraction of sp³-hybridized carbons (Fsp3) is 0.579. The van der Waals surface area contributed by atoms with Gasteiger partial charge in [0.15, 0.2) is 6.04 Å². The number of quaternary nitrogens is 1. The van der Waals surface area contributed by atoms with E-state index in [1.165, 1.54) is 0 Å². The third-order valence-corrected chi connectivity index (χ3v) is 3.54. The Kier molecular flexibility index (Phi) is 11.1. The number of carbonyl (C=O) groups excluding carboxylic acids is 2. The summed E-state index contributed by atoms with van der Waals surface area (Å²) >= 11 is 0. The van der Waals surface area contributed by atoms with E-state index in [-0.39, 0.29) is 48.5 Å². The first-order chi connectivity index (χ1) is 11.3. The molecule has 1 rings (SSSR count). The SMILES string of the molecule is CC(C)COC(=O)CC(c1ccccc1)C([NH3+])C(=O)OCC(C)C.[Cl-]. The van der Waals surface area contributed by atoms with Gasteiger partial charge in [-0.05, 0) is 17.4 Å². The first-order valence-electron chi connectivity index (χ1n) is 8.51. The standard InChI is InChI=1S/C19H29NO4.ClH/c1-13(2)11-23-17(21)10-16(15-8-6-5-7-9-15)18(20)19(22)24-12-14(3)4;/h5-9,13-14,16,18H,10-12,20H2,1-4H3;1H. The van der Waals surface area contributed by atoms with Gasteiger partial charge in [0, 0.05) is 0 Å². The molecule has 3 N–H and O–H groups in total. The highest BCUT2D eigenvalue weighted by Gasteiger charge is 2.33. The molecule has 0 aliphatic carbocycles. The second kappa shape index (κ2) is 11.9. The molecule has 5 nitrogen and oxygen atoms in total. The molecule has 0 aliphatic heterocycles. The predicted octanol–water partition coefficient (Wildman–Crippen LogP) is -0.827. The summed E-state index contributed by atoms with van der Waals surface area (Å²) in [5.41, 5.74) is 4.85. The molecule has 0 fully saturated rings. The molecule has 2 atom stereocenters. The van der Waals surface area contributed by atoms with Gasteiger partial charge < -0.3 is 27.6 Å². The molecule has 0 saturated carbocycles. The molecule has 2 unspecified atom stereocenters. The van der Waals surface area contributed by atoms with Crippen molar-refractivity contribution >= 4 is 11.9 Å². The molecule has 0 aliphatic rings. The van der Waals surface area contributed by atoms with E-state index in [0.717, 1.165) is 5.56 Å². The van der Waals surface area contributed by atoms with Crippen molar-refractivity contribution in [2.45, 2.75) is 46.1 Å². The summed E-state index contributed by atoms with van der Waals surface area (Å²) in [4.78, 5) is 24.4. The summed E-state index contributed by atoms with van der Waals surface area (Å²) in [6, 6.07) is 8.80. The van der Waals surface area contributed by atoms with E-state index in [4.69, 9.17) is 9.47 Å². The fourth-order valence-corrected chi connectivity index (χ4v) is 2.21. The van der Waals surface area contributed by atoms with Gasteiger partial charge in [0.2, 0.25) is 0 Å². The van der Waals surface area contributed by atoms with Crippen LogP contribution in [0.15, 0.2) is 30.3 Å². The molecule has 25 heavy (non-hydrogen) atoms. The van der Waals surface area contributed by atoms with Gasteiger partial charge in [-0.15, -0.1) is 0 Å². The third-order valence-electron chi connectivity index (χ3n) is 3.54. The lowest BCUT2D eigenvalue weighted by Gasteiger charge is -2.20. The Morgan fingerprint density at radius 1 is 0.960 bits per heavy atom. The first kappa shape index (κ1) is 23.4. The topological polar surface area (TPSA) is 80.2 Å². The summed E-state index contributed by atoms with van der Waals surface area (Å²) in [5.74, 6) is -0.523. The van der Waals surface area contributed by atoms with Gasteiger partial charge in [-0.1, -0.05) is 58.0 Å². The number of hydrogen-bond acceptors (Lipinski definition) is 4. The van der Waals surface area contributed by atoms with Crippen molar-refractivity contribution in [3.05, 3.63) is 35.9 Å². The Morgan fingerprint density at radius 2 is 1.48 bits per heavy atom. The zero-order valence-corrected chi connectivity index (χ0v) is 16.3. The number of esters is 2. The van der Waals surface area contributed by atoms with Crippen LogP contribution in [0.25, 0.3) is 0 Å². The lowest BCUT2D eigenvalue weighted by atomic mass is 9.89. The third kappa shape index (κ3) is 8.89. The predicted molar refractivity (Wildman–Crippen MR) is 92.1 cm³/mol. The minimum Gasteiger partial charge on any atom is -1.00 e. The van der Waals surface area contributed by atoms with E-state index >= 15 is 0 Å². The van der Waals surface area contributed by atoms with Crippen LogP contribution in [-0.4, -0.2) is 31.2 Å². The van der Waals surface area contributed by atoms with Gasteiger partial charge in [-0.25, -0.2) is 4.79 Å². The average Bonchev–Trinajstić information content (AvgIpc) is 2.55. The first-order valence-corrected chi connectivity index (χ1v) is 8.51. The zero-order chi connectivity index (χ0) is 18.1. The van der Waals surface area contributed by atoms with Crippen molar-refractivity contribution in [3.63, 3.8) is 0 Å². The number of ether oxygens (including phenoxy) is 2. The molecule has 0 heterocycles. The summed E-state index contributed by atoms with van der Waals surface area (Å²) in [5, 5.41) is 0. The molecule has 142 valence electrons. The van der Waals surface area contributed by atoms with Crippen molar-refractivity contribution in [1.82, 2.24) is 0 Å². The molecule has 0 amide bonds. The quantitative estimate of drug-likeness (QED) is 0.575. The summed E-state index contributed by atoms with van der Waals surface area (Å²) in [7, 11) is 0. The zero-order valence-electron chi connectivity index (χ0n) is 15.5. The van der Waals surface area contributed by atoms with E-state index in [2.05, 4.69) is 5.73 Å². The second-order valence-corrected chi connectivity index (χ2v) is 6.93. The van der Waals surface area contributed by atoms with Crippen molar-refractivity contribution in [1.29, 1.82) is 0 Å². The molecular weight excluding hydrogens is 342 g/mol. The van der Waals surface area contributed by atoms with Gasteiger partial charge >= 0.3 is 11.9 Å². The van der Waals surface area contributed by atoms with E-state index in [1.807, 2.05) is 58.0 Å². The van der Waals surface area contributed by atoms with Crippen LogP contribution in [0, 0.1) is 11.8 Å². The Morgan fingerprint density at radius 3 is 2.00 bits per heavy atom. The molecule has 6 heteroatoms. The van der Waals surface area contributed by atoms with Gasteiger partial charge in [0.25, 0.3) is 0 Å². The minimum atomic E-state index is -0.655. The van der Waals surface area contributed by atoms with Gasteiger partial charge in [-0.3, -0.25) is 4.79 Å². The van der Waals surface area contributed by atoms with Gasteiger partial charge in [-0.2, -0.15) is 0 Å². The molecule has 1 aromatic rings. The Balaban J connectivity index is 0.00000576. The van der Waals surface area contributed by atoms with Gasteiger partial charge in [0.1, 0.15) is 0 Å². The number of rotatable bonds is 9. The van der Waals surface area contributed by atoms with E-state index in [1.54, 1.807) is 0 Å². The maximum absolute atomic E-state index is 12.3. The summed E-state index contributed by atoms with van der Waals surface area (Å²) in [6.45, 7) is 8.64. The van der Waals surface area contributed by atoms with E-state index in [9.17, 15) is 9.59 Å². The van der Waals surface area contributed by atoms with Crippen LogP contribution in [0.5, 0.6) is 0 Å². The van der Waals surface area contributed by atoms with Crippen LogP contribution < -0.4 is 18.1 Å². The highest BCUT2D eigenvalue weighted by molar-refractivity contribution is 5.78. The summed E-state index contributed by atoms with van der Waals surface area (Å²) in [6.07, 6.45) is 0.113. The highest BCUT2D eigenvalue weighted by atomic mass is 35.5. The smallest absolute Gasteiger partial charge is 0.365 e. The number of halogens is 1. The molecule has 0 spiro atoms. The van der Waals surface area contributed by atoms with Crippen molar-refractivity contribution < 1.29 is 37.2 Å². The number of carbonyl (C=O) groups is 2. The van der Waals surface area contributed by atoms with Crippen molar-refractivity contribution in [3.8, 4) is 0 Å². The van der Waals surface area contributed by atoms with Crippen LogP contribution in [0.1, 0.15) is 45.6 Å². The maximum atomic E-state index is 12.3. The highest BCUT2D eigenvalue weighted by Crippen LogP contribution is 2.23. The van der Waals surface area contributed by atoms with Crippen LogP contribution in [0.2, 0.25) is 0 Å². The summed E-state index contributed by atoms with van der Waals surface area (Å²) < 4.78 is 10.6. The molecular formula is C19H30ClNO4. The van der Waals surface area contributed by atoms with E-state index in [0.29, 0.717) is 13.2 Å². The molecule has 0 aromatic heterocycles. The normalized spacial score (nSPS) is 13.1. The average molecular weight is 372 g/mol. The Hall–Kier alpha value is -1.59. The fourth-order valence-electron chi connectivity index (χ4n) is 2.21. The van der Waals surface area contributed by atoms with Crippen molar-refractivity contribution in [2.24, 2.45) is 11.8 Å². The lowest BCUT2D eigenvalue weighted by molar-refractivity contribution is -0.414. The van der Waals surface area contributed by atoms with Crippen LogP contribution in [0.3, 0.4) is 0 Å². The Bertz CT molecular complexity index is 519. The van der Waals surface area contributed by atoms with E-state index < -0.39 is 6.04 Å². The monoisotopic (exact) mass is 371 g/mol. The maximum Gasteiger partial charge on any atom is 0.365 e. The number of hydrogen-bond donors (Lipinski definition) is 1. The second-order valence-electron chi connectivity index (χ2n) is 6.93. The largest absolute Gasteiger partial charge is 1.00 e. The van der Waals surface area contributed by atoms with Crippen LogP contribution in [0.4, 0.5) is 0 Å². The molecule has 0 bridgehead atoms. The van der Waals surface area contributed by atoms with Crippen molar-refractivity contribution in [2.75, 3.05) is 13.2 Å². The molecule has 0 radical (unpaired) electrons. The number of benzene rings is 1. The van der Waals surface area contributed by atoms with Crippen LogP contribution in [-0.2, 0) is 19.1 Å². The van der Waals surface area contributed by atoms with Crippen LogP contribution >= 0.6 is 0 Å². The van der Waals surface area contributed by atoms with Gasteiger partial charge in [0.05, 0.1) is 25.6 Å². The minimum absolute atomic E-state index is 0. The Labute approximate surface area is 156 Å².